The molecule has 0 aromatic heterocycles. The molecule has 3 heteroatoms. The first kappa shape index (κ1) is 16.9. The lowest BCUT2D eigenvalue weighted by atomic mass is 9.92. The van der Waals surface area contributed by atoms with E-state index in [1.165, 1.54) is 38.5 Å². The molecule has 1 atom stereocenters. The summed E-state index contributed by atoms with van der Waals surface area (Å²) in [5.41, 5.74) is 0.148. The Morgan fingerprint density at radius 3 is 2.16 bits per heavy atom. The van der Waals surface area contributed by atoms with Crippen molar-refractivity contribution in [2.45, 2.75) is 83.5 Å². The van der Waals surface area contributed by atoms with Gasteiger partial charge in [0.05, 0.1) is 18.3 Å². The Balaban J connectivity index is 2.65. The van der Waals surface area contributed by atoms with Crippen LogP contribution in [0.1, 0.15) is 66.2 Å². The van der Waals surface area contributed by atoms with Crippen molar-refractivity contribution in [3.63, 3.8) is 0 Å². The summed E-state index contributed by atoms with van der Waals surface area (Å²) in [6.45, 7) is 10.4. The van der Waals surface area contributed by atoms with E-state index in [2.05, 4.69) is 33.0 Å². The molecule has 0 saturated heterocycles. The van der Waals surface area contributed by atoms with Gasteiger partial charge in [0.25, 0.3) is 0 Å². The highest BCUT2D eigenvalue weighted by Gasteiger charge is 2.34. The summed E-state index contributed by atoms with van der Waals surface area (Å²) in [6, 6.07) is 0. The molecule has 1 rings (SSSR count). The predicted molar refractivity (Wildman–Crippen MR) is 80.6 cm³/mol. The van der Waals surface area contributed by atoms with Gasteiger partial charge in [-0.15, -0.1) is 0 Å². The Bertz CT molecular complexity index is 240. The van der Waals surface area contributed by atoms with Crippen molar-refractivity contribution in [3.8, 4) is 0 Å². The molecule has 0 radical (unpaired) electrons. The molecule has 0 heterocycles. The fourth-order valence-electron chi connectivity index (χ4n) is 2.83. The van der Waals surface area contributed by atoms with Crippen molar-refractivity contribution >= 4 is 0 Å². The first-order chi connectivity index (χ1) is 8.87. The lowest BCUT2D eigenvalue weighted by molar-refractivity contribution is -0.115. The minimum absolute atomic E-state index is 0.00171. The van der Waals surface area contributed by atoms with Gasteiger partial charge in [0, 0.05) is 19.2 Å². The van der Waals surface area contributed by atoms with Gasteiger partial charge in [-0.05, 0) is 40.5 Å². The van der Waals surface area contributed by atoms with Crippen LogP contribution in [0.5, 0.6) is 0 Å². The summed E-state index contributed by atoms with van der Waals surface area (Å²) in [5.74, 6) is 0. The van der Waals surface area contributed by atoms with E-state index in [1.54, 1.807) is 7.11 Å². The molecule has 1 aliphatic rings. The zero-order valence-electron chi connectivity index (χ0n) is 13.6. The number of methoxy groups -OCH3 is 1. The molecule has 1 fully saturated rings. The molecular weight excluding hydrogens is 238 g/mol. The van der Waals surface area contributed by atoms with Crippen molar-refractivity contribution in [2.75, 3.05) is 20.3 Å². The number of hydrogen-bond acceptors (Lipinski definition) is 3. The van der Waals surface area contributed by atoms with Crippen LogP contribution in [0.3, 0.4) is 0 Å². The van der Waals surface area contributed by atoms with Crippen LogP contribution in [0.15, 0.2) is 0 Å². The Labute approximate surface area is 119 Å². The van der Waals surface area contributed by atoms with Gasteiger partial charge in [-0.2, -0.15) is 0 Å². The molecule has 1 aliphatic carbocycles. The molecule has 1 saturated carbocycles. The van der Waals surface area contributed by atoms with Gasteiger partial charge in [-0.25, -0.2) is 0 Å². The standard InChI is InChI=1S/C16H33NO2/c1-14(12-18-5)19-16(13-17-15(2,3)4)10-8-6-7-9-11-16/h14,17H,6-13H2,1-5H3. The molecule has 1 N–H and O–H groups in total. The van der Waals surface area contributed by atoms with Crippen LogP contribution in [-0.4, -0.2) is 37.5 Å². The average molecular weight is 271 g/mol. The van der Waals surface area contributed by atoms with Gasteiger partial charge in [0.1, 0.15) is 0 Å². The Morgan fingerprint density at radius 2 is 1.68 bits per heavy atom. The van der Waals surface area contributed by atoms with Crippen molar-refractivity contribution in [1.29, 1.82) is 0 Å². The summed E-state index contributed by atoms with van der Waals surface area (Å²) in [4.78, 5) is 0. The van der Waals surface area contributed by atoms with Gasteiger partial charge >= 0.3 is 0 Å². The maximum atomic E-state index is 6.41. The molecule has 114 valence electrons. The highest BCUT2D eigenvalue weighted by molar-refractivity contribution is 4.89. The van der Waals surface area contributed by atoms with Crippen LogP contribution in [0.2, 0.25) is 0 Å². The van der Waals surface area contributed by atoms with E-state index in [0.717, 1.165) is 6.54 Å². The van der Waals surface area contributed by atoms with Gasteiger partial charge in [-0.1, -0.05) is 25.7 Å². The lowest BCUT2D eigenvalue weighted by Crippen LogP contribution is -2.50. The SMILES string of the molecule is COCC(C)OC1(CNC(C)(C)C)CCCCCC1. The first-order valence-electron chi connectivity index (χ1n) is 7.79. The third-order valence-corrected chi connectivity index (χ3v) is 3.81. The summed E-state index contributed by atoms with van der Waals surface area (Å²) in [7, 11) is 1.74. The van der Waals surface area contributed by atoms with Gasteiger partial charge < -0.3 is 14.8 Å². The quantitative estimate of drug-likeness (QED) is 0.750. The summed E-state index contributed by atoms with van der Waals surface area (Å²) >= 11 is 0. The third kappa shape index (κ3) is 6.73. The molecule has 0 aromatic carbocycles. The second-order valence-corrected chi connectivity index (χ2v) is 7.08. The van der Waals surface area contributed by atoms with E-state index in [9.17, 15) is 0 Å². The minimum atomic E-state index is 0.00171. The van der Waals surface area contributed by atoms with Crippen LogP contribution in [0, 0.1) is 0 Å². The summed E-state index contributed by atoms with van der Waals surface area (Å²) in [5, 5.41) is 3.64. The molecule has 0 aliphatic heterocycles. The van der Waals surface area contributed by atoms with Crippen molar-refractivity contribution in [3.05, 3.63) is 0 Å². The third-order valence-electron chi connectivity index (χ3n) is 3.81. The lowest BCUT2D eigenvalue weighted by Gasteiger charge is -2.38. The normalized spacial score (nSPS) is 21.9. The highest BCUT2D eigenvalue weighted by Crippen LogP contribution is 2.31. The van der Waals surface area contributed by atoms with Crippen LogP contribution < -0.4 is 5.32 Å². The van der Waals surface area contributed by atoms with E-state index in [-0.39, 0.29) is 17.2 Å². The number of hydrogen-bond donors (Lipinski definition) is 1. The van der Waals surface area contributed by atoms with E-state index in [4.69, 9.17) is 9.47 Å². The van der Waals surface area contributed by atoms with Gasteiger partial charge in [0.15, 0.2) is 0 Å². The molecular formula is C16H33NO2. The van der Waals surface area contributed by atoms with Crippen LogP contribution in [0.25, 0.3) is 0 Å². The average Bonchev–Trinajstić information content (AvgIpc) is 2.52. The van der Waals surface area contributed by atoms with Crippen molar-refractivity contribution < 1.29 is 9.47 Å². The summed E-state index contributed by atoms with van der Waals surface area (Å²) < 4.78 is 11.6. The maximum absolute atomic E-state index is 6.41. The molecule has 0 bridgehead atoms. The Kier molecular flexibility index (Phi) is 6.78. The topological polar surface area (TPSA) is 30.5 Å². The van der Waals surface area contributed by atoms with E-state index in [0.29, 0.717) is 6.61 Å². The van der Waals surface area contributed by atoms with Crippen molar-refractivity contribution in [1.82, 2.24) is 5.32 Å². The monoisotopic (exact) mass is 271 g/mol. The largest absolute Gasteiger partial charge is 0.382 e. The van der Waals surface area contributed by atoms with E-state index < -0.39 is 0 Å². The van der Waals surface area contributed by atoms with Crippen LogP contribution >= 0.6 is 0 Å². The molecule has 19 heavy (non-hydrogen) atoms. The van der Waals surface area contributed by atoms with Crippen LogP contribution in [-0.2, 0) is 9.47 Å². The second kappa shape index (κ2) is 7.61. The molecule has 1 unspecified atom stereocenters. The fraction of sp³-hybridized carbons (Fsp3) is 1.00. The van der Waals surface area contributed by atoms with E-state index in [1.807, 2.05) is 0 Å². The number of ether oxygens (including phenoxy) is 2. The Morgan fingerprint density at radius 1 is 1.11 bits per heavy atom. The maximum Gasteiger partial charge on any atom is 0.0811 e. The van der Waals surface area contributed by atoms with Gasteiger partial charge in [-0.3, -0.25) is 0 Å². The minimum Gasteiger partial charge on any atom is -0.382 e. The second-order valence-electron chi connectivity index (χ2n) is 7.08. The molecule has 0 spiro atoms. The first-order valence-corrected chi connectivity index (χ1v) is 7.79. The highest BCUT2D eigenvalue weighted by atomic mass is 16.5. The molecule has 0 amide bonds. The van der Waals surface area contributed by atoms with Gasteiger partial charge in [0.2, 0.25) is 0 Å². The van der Waals surface area contributed by atoms with Crippen molar-refractivity contribution in [2.24, 2.45) is 0 Å². The smallest absolute Gasteiger partial charge is 0.0811 e. The number of rotatable bonds is 6. The molecule has 0 aromatic rings. The Hall–Kier alpha value is -0.120. The fourth-order valence-corrected chi connectivity index (χ4v) is 2.83. The predicted octanol–water partition coefficient (Wildman–Crippen LogP) is 3.52. The zero-order valence-corrected chi connectivity index (χ0v) is 13.6. The summed E-state index contributed by atoms with van der Waals surface area (Å²) in [6.07, 6.45) is 7.77. The van der Waals surface area contributed by atoms with E-state index >= 15 is 0 Å². The van der Waals surface area contributed by atoms with Crippen LogP contribution in [0.4, 0.5) is 0 Å². The molecule has 3 nitrogen and oxygen atoms in total. The number of nitrogens with one attached hydrogen (secondary N) is 1. The zero-order chi connectivity index (χ0) is 14.4.